The smallest absolute Gasteiger partial charge is 0.141 e. The largest absolute Gasteiger partial charge is 0.327 e. The van der Waals surface area contributed by atoms with E-state index in [9.17, 15) is 0 Å². The molecule has 0 N–H and O–H groups in total. The minimum atomic E-state index is 0.663. The lowest BCUT2D eigenvalue weighted by Crippen LogP contribution is -1.95. The van der Waals surface area contributed by atoms with E-state index in [-0.39, 0.29) is 0 Å². The van der Waals surface area contributed by atoms with Gasteiger partial charge in [-0.25, -0.2) is 4.98 Å². The second-order valence-corrected chi connectivity index (χ2v) is 6.51. The van der Waals surface area contributed by atoms with Crippen molar-refractivity contribution in [3.8, 4) is 11.4 Å². The number of aryl methyl sites for hydroxylation is 2. The lowest BCUT2D eigenvalue weighted by Gasteiger charge is -2.12. The Morgan fingerprint density at radius 2 is 1.57 bits per heavy atom. The van der Waals surface area contributed by atoms with E-state index in [1.54, 1.807) is 0 Å². The first-order valence-corrected chi connectivity index (χ1v) is 8.12. The maximum atomic E-state index is 6.40. The molecule has 0 unspecified atom stereocenters. The highest BCUT2D eigenvalue weighted by molar-refractivity contribution is 6.43. The number of benzene rings is 3. The van der Waals surface area contributed by atoms with Crippen LogP contribution in [0, 0.1) is 6.92 Å². The maximum Gasteiger partial charge on any atom is 0.141 e. The summed E-state index contributed by atoms with van der Waals surface area (Å²) in [5.74, 6) is 0.915. The van der Waals surface area contributed by atoms with Gasteiger partial charge in [0.1, 0.15) is 5.82 Å². The lowest BCUT2D eigenvalue weighted by molar-refractivity contribution is 0.961. The monoisotopic (exact) mass is 340 g/mol. The van der Waals surface area contributed by atoms with Gasteiger partial charge in [-0.15, -0.1) is 0 Å². The number of hydrogen-bond donors (Lipinski definition) is 0. The quantitative estimate of drug-likeness (QED) is 0.415. The standard InChI is InChI=1S/C19H14Cl2N2/c1-11-7-9-13(20)18-14(21)10-8-12(17(11)18)19-22-15-5-3-4-6-16(15)23(19)2/h3-10H,1-2H3. The molecule has 0 aliphatic carbocycles. The summed E-state index contributed by atoms with van der Waals surface area (Å²) in [6, 6.07) is 16.0. The zero-order valence-electron chi connectivity index (χ0n) is 12.8. The summed E-state index contributed by atoms with van der Waals surface area (Å²) < 4.78 is 2.11. The minimum absolute atomic E-state index is 0.663. The molecule has 4 rings (SSSR count). The third-order valence-corrected chi connectivity index (χ3v) is 4.93. The molecule has 0 aliphatic rings. The van der Waals surface area contributed by atoms with Crippen LogP contribution in [0.2, 0.25) is 10.0 Å². The highest BCUT2D eigenvalue weighted by Gasteiger charge is 2.16. The molecule has 1 aromatic heterocycles. The van der Waals surface area contributed by atoms with Crippen LogP contribution in [-0.4, -0.2) is 9.55 Å². The predicted molar refractivity (Wildman–Crippen MR) is 98.4 cm³/mol. The molecule has 3 aromatic carbocycles. The number of rotatable bonds is 1. The molecule has 0 bridgehead atoms. The van der Waals surface area contributed by atoms with Gasteiger partial charge in [-0.1, -0.05) is 41.4 Å². The Kier molecular flexibility index (Phi) is 3.33. The number of halogens is 2. The molecule has 0 fully saturated rings. The number of aromatic nitrogens is 2. The lowest BCUT2D eigenvalue weighted by atomic mass is 9.99. The topological polar surface area (TPSA) is 17.8 Å². The first-order valence-electron chi connectivity index (χ1n) is 7.37. The predicted octanol–water partition coefficient (Wildman–Crippen LogP) is 6.01. The first-order chi connectivity index (χ1) is 11.1. The van der Waals surface area contributed by atoms with Crippen LogP contribution in [0.25, 0.3) is 33.2 Å². The van der Waals surface area contributed by atoms with Crippen molar-refractivity contribution in [1.82, 2.24) is 9.55 Å². The summed E-state index contributed by atoms with van der Waals surface area (Å²) in [5, 5.41) is 3.27. The second kappa shape index (κ2) is 5.26. The van der Waals surface area contributed by atoms with Crippen LogP contribution in [-0.2, 0) is 7.05 Å². The number of para-hydroxylation sites is 2. The zero-order valence-corrected chi connectivity index (χ0v) is 14.3. The van der Waals surface area contributed by atoms with E-state index in [1.165, 1.54) is 0 Å². The Labute approximate surface area is 144 Å². The third kappa shape index (κ3) is 2.13. The van der Waals surface area contributed by atoms with Gasteiger partial charge in [0.15, 0.2) is 0 Å². The molecule has 0 saturated heterocycles. The van der Waals surface area contributed by atoms with E-state index < -0.39 is 0 Å². The summed E-state index contributed by atoms with van der Waals surface area (Å²) in [6.07, 6.45) is 0. The Bertz CT molecular complexity index is 1060. The van der Waals surface area contributed by atoms with Gasteiger partial charge in [0.2, 0.25) is 0 Å². The number of imidazole rings is 1. The summed E-state index contributed by atoms with van der Waals surface area (Å²) in [4.78, 5) is 4.81. The molecule has 0 radical (unpaired) electrons. The van der Waals surface area contributed by atoms with E-state index in [4.69, 9.17) is 28.2 Å². The molecule has 0 aliphatic heterocycles. The Morgan fingerprint density at radius 3 is 2.30 bits per heavy atom. The third-order valence-electron chi connectivity index (χ3n) is 4.30. The molecule has 1 heterocycles. The summed E-state index contributed by atoms with van der Waals surface area (Å²) in [5.41, 5.74) is 4.26. The molecule has 4 aromatic rings. The van der Waals surface area contributed by atoms with Crippen LogP contribution >= 0.6 is 23.2 Å². The van der Waals surface area contributed by atoms with Gasteiger partial charge in [-0.2, -0.15) is 0 Å². The van der Waals surface area contributed by atoms with Gasteiger partial charge in [-0.3, -0.25) is 0 Å². The number of fused-ring (bicyclic) bond motifs is 2. The highest BCUT2D eigenvalue weighted by atomic mass is 35.5. The fourth-order valence-electron chi connectivity index (χ4n) is 3.16. The number of hydrogen-bond acceptors (Lipinski definition) is 1. The van der Waals surface area contributed by atoms with Crippen molar-refractivity contribution >= 4 is 45.0 Å². The average Bonchev–Trinajstić information content (AvgIpc) is 2.88. The fourth-order valence-corrected chi connectivity index (χ4v) is 3.72. The second-order valence-electron chi connectivity index (χ2n) is 5.69. The Balaban J connectivity index is 2.15. The Hall–Kier alpha value is -2.03. The molecular weight excluding hydrogens is 327 g/mol. The summed E-state index contributed by atoms with van der Waals surface area (Å²) >= 11 is 12.8. The van der Waals surface area contributed by atoms with E-state index in [0.29, 0.717) is 10.0 Å². The molecule has 0 saturated carbocycles. The SMILES string of the molecule is Cc1ccc(Cl)c2c(Cl)ccc(-c3nc4ccccc4n3C)c12. The highest BCUT2D eigenvalue weighted by Crippen LogP contribution is 2.39. The van der Waals surface area contributed by atoms with Crippen LogP contribution in [0.4, 0.5) is 0 Å². The van der Waals surface area contributed by atoms with Crippen molar-refractivity contribution in [2.24, 2.45) is 7.05 Å². The average molecular weight is 341 g/mol. The van der Waals surface area contributed by atoms with Crippen LogP contribution in [0.5, 0.6) is 0 Å². The van der Waals surface area contributed by atoms with Crippen LogP contribution < -0.4 is 0 Å². The fraction of sp³-hybridized carbons (Fsp3) is 0.105. The zero-order chi connectivity index (χ0) is 16.1. The van der Waals surface area contributed by atoms with E-state index in [0.717, 1.165) is 38.8 Å². The van der Waals surface area contributed by atoms with E-state index in [2.05, 4.69) is 17.6 Å². The van der Waals surface area contributed by atoms with Crippen molar-refractivity contribution in [3.05, 3.63) is 64.1 Å². The summed E-state index contributed by atoms with van der Waals surface area (Å²) in [7, 11) is 2.03. The van der Waals surface area contributed by atoms with Gasteiger partial charge in [0.25, 0.3) is 0 Å². The molecule has 4 heteroatoms. The molecule has 0 atom stereocenters. The molecule has 23 heavy (non-hydrogen) atoms. The Morgan fingerprint density at radius 1 is 0.870 bits per heavy atom. The summed E-state index contributed by atoms with van der Waals surface area (Å²) in [6.45, 7) is 2.07. The van der Waals surface area contributed by atoms with Crippen molar-refractivity contribution in [3.63, 3.8) is 0 Å². The maximum absolute atomic E-state index is 6.40. The minimum Gasteiger partial charge on any atom is -0.327 e. The van der Waals surface area contributed by atoms with Crippen LogP contribution in [0.15, 0.2) is 48.5 Å². The van der Waals surface area contributed by atoms with Crippen molar-refractivity contribution < 1.29 is 0 Å². The molecule has 2 nitrogen and oxygen atoms in total. The van der Waals surface area contributed by atoms with E-state index >= 15 is 0 Å². The first kappa shape index (κ1) is 14.6. The normalized spacial score (nSPS) is 11.5. The van der Waals surface area contributed by atoms with Gasteiger partial charge >= 0.3 is 0 Å². The van der Waals surface area contributed by atoms with Crippen molar-refractivity contribution in [1.29, 1.82) is 0 Å². The molecule has 0 amide bonds. The van der Waals surface area contributed by atoms with Crippen molar-refractivity contribution in [2.75, 3.05) is 0 Å². The van der Waals surface area contributed by atoms with Gasteiger partial charge in [-0.05, 0) is 48.2 Å². The van der Waals surface area contributed by atoms with Gasteiger partial charge in [0, 0.05) is 28.0 Å². The van der Waals surface area contributed by atoms with Crippen LogP contribution in [0.1, 0.15) is 5.56 Å². The number of nitrogens with zero attached hydrogens (tertiary/aromatic N) is 2. The molecule has 114 valence electrons. The molecular formula is C19H14Cl2N2. The molecule has 0 spiro atoms. The van der Waals surface area contributed by atoms with Crippen molar-refractivity contribution in [2.45, 2.75) is 6.92 Å². The van der Waals surface area contributed by atoms with E-state index in [1.807, 2.05) is 49.5 Å². The van der Waals surface area contributed by atoms with Crippen LogP contribution in [0.3, 0.4) is 0 Å². The van der Waals surface area contributed by atoms with Gasteiger partial charge < -0.3 is 4.57 Å². The van der Waals surface area contributed by atoms with Gasteiger partial charge in [0.05, 0.1) is 11.0 Å².